The average Bonchev–Trinajstić information content (AvgIpc) is 3.31. The number of ether oxygens (including phenoxy) is 1. The van der Waals surface area contributed by atoms with E-state index in [1.54, 1.807) is 0 Å². The van der Waals surface area contributed by atoms with Crippen molar-refractivity contribution in [2.75, 3.05) is 5.73 Å². The van der Waals surface area contributed by atoms with Gasteiger partial charge in [-0.25, -0.2) is 9.37 Å². The third kappa shape index (κ3) is 2.84. The normalized spacial score (nSPS) is 20.6. The molecule has 0 radical (unpaired) electrons. The van der Waals surface area contributed by atoms with E-state index in [0.29, 0.717) is 17.6 Å². The van der Waals surface area contributed by atoms with Crippen molar-refractivity contribution in [3.05, 3.63) is 64.9 Å². The van der Waals surface area contributed by atoms with E-state index in [-0.39, 0.29) is 11.7 Å². The zero-order chi connectivity index (χ0) is 23.1. The molecule has 1 unspecified atom stereocenters. The standard InChI is InChI=1S/C26H25FN6O/c1-13-19-10-15(27)3-6-18(19)24-20(12-32(2)31-24)17-7-8-21-23(17)25(33(30-21)16-4-5-16)14-9-22(34-13)26(28)29-11-14/h3,6,9-13,16-17H,4-5,7-8H2,1-2H3,(H2,28,29)/t13-,17?/m1/s1. The van der Waals surface area contributed by atoms with E-state index in [0.717, 1.165) is 65.0 Å². The van der Waals surface area contributed by atoms with Crippen molar-refractivity contribution >= 4 is 5.82 Å². The third-order valence-electron chi connectivity index (χ3n) is 7.33. The van der Waals surface area contributed by atoms with Gasteiger partial charge in [0.1, 0.15) is 11.9 Å². The van der Waals surface area contributed by atoms with E-state index in [4.69, 9.17) is 20.7 Å². The predicted molar refractivity (Wildman–Crippen MR) is 126 cm³/mol. The SMILES string of the molecule is C[C@H]1Oc2cc(cnc2N)-c2c3c(nn2C2CC2)CCC3c2cn(C)nc2-c2ccc(F)cc21. The Kier molecular flexibility index (Phi) is 4.02. The van der Waals surface area contributed by atoms with Crippen LogP contribution in [-0.4, -0.2) is 24.5 Å². The molecule has 1 fully saturated rings. The molecule has 1 saturated carbocycles. The maximum atomic E-state index is 14.4. The van der Waals surface area contributed by atoms with Gasteiger partial charge in [-0.1, -0.05) is 0 Å². The highest BCUT2D eigenvalue weighted by atomic mass is 19.1. The first-order valence-corrected chi connectivity index (χ1v) is 11.8. The number of aryl methyl sites for hydroxylation is 2. The van der Waals surface area contributed by atoms with Gasteiger partial charge in [0, 0.05) is 53.2 Å². The first kappa shape index (κ1) is 19.8. The lowest BCUT2D eigenvalue weighted by Gasteiger charge is -2.22. The molecule has 0 saturated heterocycles. The molecule has 172 valence electrons. The lowest BCUT2D eigenvalue weighted by molar-refractivity contribution is 0.227. The average molecular weight is 457 g/mol. The van der Waals surface area contributed by atoms with E-state index < -0.39 is 6.10 Å². The number of nitrogens with zero attached hydrogens (tertiary/aromatic N) is 5. The van der Waals surface area contributed by atoms with Gasteiger partial charge in [0.05, 0.1) is 23.1 Å². The number of nitrogens with two attached hydrogens (primary N) is 1. The Balaban J connectivity index is 1.56. The zero-order valence-corrected chi connectivity index (χ0v) is 19.1. The molecule has 3 aliphatic rings. The molecule has 34 heavy (non-hydrogen) atoms. The van der Waals surface area contributed by atoms with Crippen LogP contribution in [0.4, 0.5) is 10.2 Å². The van der Waals surface area contributed by atoms with Gasteiger partial charge in [-0.3, -0.25) is 9.36 Å². The molecule has 0 spiro atoms. The lowest BCUT2D eigenvalue weighted by Crippen LogP contribution is -2.11. The second-order valence-electron chi connectivity index (χ2n) is 9.68. The summed E-state index contributed by atoms with van der Waals surface area (Å²) < 4.78 is 24.8. The molecule has 2 atom stereocenters. The predicted octanol–water partition coefficient (Wildman–Crippen LogP) is 4.93. The van der Waals surface area contributed by atoms with E-state index in [1.165, 1.54) is 17.7 Å². The molecular formula is C26H25FN6O. The summed E-state index contributed by atoms with van der Waals surface area (Å²) in [4.78, 5) is 4.48. The number of fused-ring (bicyclic) bond motifs is 7. The molecule has 3 aromatic heterocycles. The minimum Gasteiger partial charge on any atom is -0.482 e. The molecule has 4 heterocycles. The van der Waals surface area contributed by atoms with E-state index in [9.17, 15) is 4.39 Å². The first-order chi connectivity index (χ1) is 16.5. The van der Waals surface area contributed by atoms with Crippen LogP contribution < -0.4 is 10.5 Å². The molecule has 7 nitrogen and oxygen atoms in total. The monoisotopic (exact) mass is 456 g/mol. The number of aromatic nitrogens is 5. The molecule has 7 rings (SSSR count). The molecule has 0 amide bonds. The van der Waals surface area contributed by atoms with Crippen molar-refractivity contribution in [1.82, 2.24) is 24.5 Å². The summed E-state index contributed by atoms with van der Waals surface area (Å²) in [6.45, 7) is 1.91. The second kappa shape index (κ2) is 6.91. The molecule has 2 bridgehead atoms. The molecule has 8 heteroatoms. The highest BCUT2D eigenvalue weighted by Gasteiger charge is 2.39. The minimum atomic E-state index is -0.453. The van der Waals surface area contributed by atoms with Crippen LogP contribution in [0.3, 0.4) is 0 Å². The molecule has 1 aromatic carbocycles. The van der Waals surface area contributed by atoms with Gasteiger partial charge >= 0.3 is 0 Å². The van der Waals surface area contributed by atoms with Crippen LogP contribution in [0.1, 0.15) is 66.6 Å². The third-order valence-corrected chi connectivity index (χ3v) is 7.33. The lowest BCUT2D eigenvalue weighted by atomic mass is 9.88. The van der Waals surface area contributed by atoms with Crippen molar-refractivity contribution < 1.29 is 9.13 Å². The second-order valence-corrected chi connectivity index (χ2v) is 9.68. The number of benzene rings is 1. The van der Waals surface area contributed by atoms with Crippen molar-refractivity contribution in [2.45, 2.75) is 50.7 Å². The Bertz CT molecular complexity index is 1470. The Morgan fingerprint density at radius 2 is 1.97 bits per heavy atom. The van der Waals surface area contributed by atoms with Crippen LogP contribution in [0.15, 0.2) is 36.7 Å². The summed E-state index contributed by atoms with van der Waals surface area (Å²) in [6, 6.07) is 7.23. The topological polar surface area (TPSA) is 83.8 Å². The van der Waals surface area contributed by atoms with Gasteiger partial charge in [-0.05, 0) is 56.9 Å². The summed E-state index contributed by atoms with van der Waals surface area (Å²) in [5.41, 5.74) is 14.3. The van der Waals surface area contributed by atoms with Crippen molar-refractivity contribution in [1.29, 1.82) is 0 Å². The molecule has 2 aliphatic carbocycles. The van der Waals surface area contributed by atoms with Crippen LogP contribution in [0, 0.1) is 5.82 Å². The van der Waals surface area contributed by atoms with Crippen LogP contribution in [0.5, 0.6) is 5.75 Å². The Morgan fingerprint density at radius 3 is 2.79 bits per heavy atom. The summed E-state index contributed by atoms with van der Waals surface area (Å²) in [6.07, 6.45) is 7.63. The van der Waals surface area contributed by atoms with Crippen molar-refractivity contribution in [2.24, 2.45) is 7.05 Å². The van der Waals surface area contributed by atoms with Gasteiger partial charge in [-0.15, -0.1) is 0 Å². The molecule has 2 N–H and O–H groups in total. The van der Waals surface area contributed by atoms with Crippen molar-refractivity contribution in [3.63, 3.8) is 0 Å². The van der Waals surface area contributed by atoms with Crippen LogP contribution in [0.25, 0.3) is 22.5 Å². The number of halogens is 1. The highest BCUT2D eigenvalue weighted by molar-refractivity contribution is 5.74. The maximum Gasteiger partial charge on any atom is 0.166 e. The zero-order valence-electron chi connectivity index (χ0n) is 19.1. The summed E-state index contributed by atoms with van der Waals surface area (Å²) in [7, 11) is 1.94. The highest BCUT2D eigenvalue weighted by Crippen LogP contribution is 2.50. The summed E-state index contributed by atoms with van der Waals surface area (Å²) in [5, 5.41) is 9.93. The van der Waals surface area contributed by atoms with Crippen LogP contribution in [-0.2, 0) is 13.5 Å². The number of hydrogen-bond donors (Lipinski definition) is 1. The fraction of sp³-hybridized carbons (Fsp3) is 0.346. The summed E-state index contributed by atoms with van der Waals surface area (Å²) in [5.74, 6) is 0.647. The smallest absolute Gasteiger partial charge is 0.166 e. The molecule has 4 aromatic rings. The first-order valence-electron chi connectivity index (χ1n) is 11.8. The van der Waals surface area contributed by atoms with Gasteiger partial charge in [0.15, 0.2) is 11.6 Å². The Morgan fingerprint density at radius 1 is 1.12 bits per heavy atom. The Labute approximate surface area is 196 Å². The van der Waals surface area contributed by atoms with E-state index in [2.05, 4.69) is 15.9 Å². The number of hydrogen-bond acceptors (Lipinski definition) is 5. The molecule has 1 aliphatic heterocycles. The fourth-order valence-corrected chi connectivity index (χ4v) is 5.64. The van der Waals surface area contributed by atoms with E-state index in [1.807, 2.05) is 37.0 Å². The van der Waals surface area contributed by atoms with Gasteiger partial charge < -0.3 is 10.5 Å². The maximum absolute atomic E-state index is 14.4. The largest absolute Gasteiger partial charge is 0.482 e. The summed E-state index contributed by atoms with van der Waals surface area (Å²) >= 11 is 0. The van der Waals surface area contributed by atoms with Gasteiger partial charge in [0.2, 0.25) is 0 Å². The number of nitrogen functional groups attached to an aromatic ring is 1. The van der Waals surface area contributed by atoms with Crippen LogP contribution in [0.2, 0.25) is 0 Å². The fourth-order valence-electron chi connectivity index (χ4n) is 5.64. The Hall–Kier alpha value is -3.68. The number of pyridine rings is 1. The number of rotatable bonds is 1. The minimum absolute atomic E-state index is 0.149. The van der Waals surface area contributed by atoms with Crippen LogP contribution >= 0.6 is 0 Å². The quantitative estimate of drug-likeness (QED) is 0.439. The van der Waals surface area contributed by atoms with Gasteiger partial charge in [0.25, 0.3) is 0 Å². The molecular weight excluding hydrogens is 431 g/mol. The van der Waals surface area contributed by atoms with Crippen molar-refractivity contribution in [3.8, 4) is 28.3 Å². The van der Waals surface area contributed by atoms with Gasteiger partial charge in [-0.2, -0.15) is 10.2 Å². The number of anilines is 1. The van der Waals surface area contributed by atoms with E-state index >= 15 is 0 Å².